The van der Waals surface area contributed by atoms with Crippen molar-refractivity contribution in [1.29, 1.82) is 0 Å². The SMILES string of the molecule is C=Cn1ncnc1C(=O)C1(Cl)C=CC=C(Cl)N1. The number of nitrogens with one attached hydrogen (secondary N) is 1. The topological polar surface area (TPSA) is 59.8 Å². The van der Waals surface area contributed by atoms with Crippen LogP contribution in [0.2, 0.25) is 0 Å². The van der Waals surface area contributed by atoms with E-state index in [-0.39, 0.29) is 11.0 Å². The van der Waals surface area contributed by atoms with Gasteiger partial charge in [0.1, 0.15) is 11.5 Å². The molecule has 88 valence electrons. The molecule has 0 saturated heterocycles. The van der Waals surface area contributed by atoms with Gasteiger partial charge in [-0.3, -0.25) is 4.79 Å². The van der Waals surface area contributed by atoms with Crippen molar-refractivity contribution in [3.63, 3.8) is 0 Å². The maximum Gasteiger partial charge on any atom is 0.244 e. The lowest BCUT2D eigenvalue weighted by Crippen LogP contribution is -2.46. The van der Waals surface area contributed by atoms with Crippen LogP contribution >= 0.6 is 23.2 Å². The van der Waals surface area contributed by atoms with Crippen molar-refractivity contribution in [3.8, 4) is 0 Å². The molecule has 1 aromatic heterocycles. The van der Waals surface area contributed by atoms with Gasteiger partial charge in [0.25, 0.3) is 0 Å². The number of aromatic nitrogens is 3. The van der Waals surface area contributed by atoms with Gasteiger partial charge >= 0.3 is 0 Å². The third kappa shape index (κ3) is 2.11. The minimum Gasteiger partial charge on any atom is -0.348 e. The third-order valence-electron chi connectivity index (χ3n) is 2.15. The molecule has 2 heterocycles. The zero-order valence-corrected chi connectivity index (χ0v) is 10.1. The van der Waals surface area contributed by atoms with Gasteiger partial charge in [0.15, 0.2) is 5.00 Å². The van der Waals surface area contributed by atoms with Crippen molar-refractivity contribution in [3.05, 3.63) is 42.1 Å². The maximum absolute atomic E-state index is 12.2. The van der Waals surface area contributed by atoms with E-state index in [1.54, 1.807) is 12.2 Å². The van der Waals surface area contributed by atoms with Gasteiger partial charge in [-0.2, -0.15) is 5.10 Å². The normalized spacial score (nSPS) is 22.8. The Hall–Kier alpha value is -1.59. The van der Waals surface area contributed by atoms with E-state index in [9.17, 15) is 4.79 Å². The molecule has 17 heavy (non-hydrogen) atoms. The number of allylic oxidation sites excluding steroid dienone is 2. The van der Waals surface area contributed by atoms with Crippen molar-refractivity contribution in [1.82, 2.24) is 20.1 Å². The summed E-state index contributed by atoms with van der Waals surface area (Å²) in [6.45, 7) is 3.52. The molecule has 7 heteroatoms. The summed E-state index contributed by atoms with van der Waals surface area (Å²) in [4.78, 5) is 14.6. The third-order valence-corrected chi connectivity index (χ3v) is 2.76. The first-order chi connectivity index (χ1) is 8.07. The first-order valence-corrected chi connectivity index (χ1v) is 5.41. The quantitative estimate of drug-likeness (QED) is 0.516. The predicted octanol–water partition coefficient (Wildman–Crippen LogP) is 1.74. The number of dihydropyridines is 1. The van der Waals surface area contributed by atoms with E-state index < -0.39 is 10.8 Å². The minimum atomic E-state index is -1.44. The van der Waals surface area contributed by atoms with Crippen LogP contribution in [0.5, 0.6) is 0 Å². The van der Waals surface area contributed by atoms with Crippen molar-refractivity contribution >= 4 is 35.2 Å². The second-order valence-electron chi connectivity index (χ2n) is 3.25. The lowest BCUT2D eigenvalue weighted by Gasteiger charge is -2.25. The highest BCUT2D eigenvalue weighted by molar-refractivity contribution is 6.40. The fraction of sp³-hybridized carbons (Fsp3) is 0.100. The summed E-state index contributed by atoms with van der Waals surface area (Å²) in [5, 5.41) is 6.76. The van der Waals surface area contributed by atoms with Gasteiger partial charge < -0.3 is 5.32 Å². The van der Waals surface area contributed by atoms with Crippen LogP contribution in [0, 0.1) is 0 Å². The first-order valence-electron chi connectivity index (χ1n) is 4.66. The Morgan fingerprint density at radius 3 is 3.06 bits per heavy atom. The van der Waals surface area contributed by atoms with Gasteiger partial charge in [-0.25, -0.2) is 9.67 Å². The average molecular weight is 271 g/mol. The summed E-state index contributed by atoms with van der Waals surface area (Å²) >= 11 is 11.9. The number of alkyl halides is 1. The molecular weight excluding hydrogens is 263 g/mol. The zero-order valence-electron chi connectivity index (χ0n) is 8.60. The molecule has 0 amide bonds. The Bertz CT molecular complexity index is 534. The lowest BCUT2D eigenvalue weighted by molar-refractivity contribution is 0.0936. The van der Waals surface area contributed by atoms with Gasteiger partial charge in [0, 0.05) is 6.20 Å². The summed E-state index contributed by atoms with van der Waals surface area (Å²) in [5.74, 6) is -0.377. The van der Waals surface area contributed by atoms with E-state index in [0.29, 0.717) is 0 Å². The van der Waals surface area contributed by atoms with Gasteiger partial charge in [0.2, 0.25) is 11.6 Å². The standard InChI is InChI=1S/C10H8Cl2N4O/c1-2-16-9(13-6-14-16)8(17)10(12)5-3-4-7(11)15-10/h2-6,15H,1H2. The first kappa shape index (κ1) is 11.9. The van der Waals surface area contributed by atoms with Crippen molar-refractivity contribution in [2.24, 2.45) is 0 Å². The number of hydrogen-bond acceptors (Lipinski definition) is 4. The lowest BCUT2D eigenvalue weighted by atomic mass is 10.1. The fourth-order valence-electron chi connectivity index (χ4n) is 1.36. The Kier molecular flexibility index (Phi) is 3.04. The molecule has 0 aromatic carbocycles. The van der Waals surface area contributed by atoms with Gasteiger partial charge in [-0.05, 0) is 12.2 Å². The summed E-state index contributed by atoms with van der Waals surface area (Å²) in [7, 11) is 0. The molecule has 1 aliphatic rings. The number of halogens is 2. The van der Waals surface area contributed by atoms with E-state index >= 15 is 0 Å². The van der Waals surface area contributed by atoms with E-state index in [4.69, 9.17) is 23.2 Å². The van der Waals surface area contributed by atoms with Crippen LogP contribution in [0.1, 0.15) is 10.6 Å². The summed E-state index contributed by atoms with van der Waals surface area (Å²) in [5.41, 5.74) is 0. The van der Waals surface area contributed by atoms with Crippen molar-refractivity contribution in [2.45, 2.75) is 5.00 Å². The van der Waals surface area contributed by atoms with Crippen molar-refractivity contribution < 1.29 is 4.79 Å². The molecule has 0 aliphatic carbocycles. The zero-order chi connectivity index (χ0) is 12.5. The highest BCUT2D eigenvalue weighted by Gasteiger charge is 2.38. The molecule has 0 spiro atoms. The van der Waals surface area contributed by atoms with Gasteiger partial charge in [-0.15, -0.1) is 0 Å². The summed E-state index contributed by atoms with van der Waals surface area (Å²) < 4.78 is 1.24. The van der Waals surface area contributed by atoms with E-state index in [0.717, 1.165) is 0 Å². The van der Waals surface area contributed by atoms with Crippen LogP contribution in [-0.4, -0.2) is 25.5 Å². The summed E-state index contributed by atoms with van der Waals surface area (Å²) in [6.07, 6.45) is 7.29. The van der Waals surface area contributed by atoms with E-state index in [1.807, 2.05) is 0 Å². The maximum atomic E-state index is 12.2. The predicted molar refractivity (Wildman–Crippen MR) is 65.5 cm³/mol. The Morgan fingerprint density at radius 2 is 2.41 bits per heavy atom. The van der Waals surface area contributed by atoms with Crippen LogP contribution in [0.15, 0.2) is 36.3 Å². The van der Waals surface area contributed by atoms with Crippen LogP contribution < -0.4 is 5.32 Å². The Labute approximate surface area is 107 Å². The minimum absolute atomic E-state index is 0.0820. The van der Waals surface area contributed by atoms with Crippen LogP contribution in [0.3, 0.4) is 0 Å². The smallest absolute Gasteiger partial charge is 0.244 e. The van der Waals surface area contributed by atoms with Gasteiger partial charge in [-0.1, -0.05) is 35.9 Å². The Morgan fingerprint density at radius 1 is 1.65 bits per heavy atom. The van der Waals surface area contributed by atoms with Crippen LogP contribution in [-0.2, 0) is 0 Å². The molecule has 1 unspecified atom stereocenters. The summed E-state index contributed by atoms with van der Waals surface area (Å²) in [6, 6.07) is 0. The number of ketones is 1. The van der Waals surface area contributed by atoms with Crippen molar-refractivity contribution in [2.75, 3.05) is 0 Å². The number of Topliss-reactive ketones (excluding diaryl/α,β-unsaturated/α-hetero) is 1. The number of rotatable bonds is 3. The number of carbonyl (C=O) groups excluding carboxylic acids is 1. The highest BCUT2D eigenvalue weighted by atomic mass is 35.5. The molecule has 1 N–H and O–H groups in total. The molecule has 0 saturated carbocycles. The molecule has 2 rings (SSSR count). The average Bonchev–Trinajstić information content (AvgIpc) is 2.75. The molecule has 0 radical (unpaired) electrons. The number of hydrogen-bond donors (Lipinski definition) is 1. The fourth-order valence-corrected chi connectivity index (χ4v) is 1.89. The molecular formula is C10H8Cl2N4O. The monoisotopic (exact) mass is 270 g/mol. The molecule has 5 nitrogen and oxygen atoms in total. The molecule has 1 aromatic rings. The molecule has 0 fully saturated rings. The van der Waals surface area contributed by atoms with E-state index in [1.165, 1.54) is 23.3 Å². The van der Waals surface area contributed by atoms with Gasteiger partial charge in [0.05, 0.1) is 0 Å². The largest absolute Gasteiger partial charge is 0.348 e. The Balaban J connectivity index is 2.36. The second kappa shape index (κ2) is 4.35. The second-order valence-corrected chi connectivity index (χ2v) is 4.25. The molecule has 1 atom stereocenters. The number of carbonyl (C=O) groups is 1. The molecule has 0 bridgehead atoms. The van der Waals surface area contributed by atoms with Crippen LogP contribution in [0.4, 0.5) is 0 Å². The highest BCUT2D eigenvalue weighted by Crippen LogP contribution is 2.24. The molecule has 1 aliphatic heterocycles. The van der Waals surface area contributed by atoms with Crippen LogP contribution in [0.25, 0.3) is 6.20 Å². The van der Waals surface area contributed by atoms with E-state index in [2.05, 4.69) is 22.0 Å². The number of nitrogens with zero attached hydrogens (tertiary/aromatic N) is 3.